The van der Waals surface area contributed by atoms with E-state index in [2.05, 4.69) is 4.90 Å². The highest BCUT2D eigenvalue weighted by Gasteiger charge is 2.36. The van der Waals surface area contributed by atoms with Crippen LogP contribution in [0.2, 0.25) is 0 Å². The Morgan fingerprint density at radius 1 is 1.15 bits per heavy atom. The molecule has 1 unspecified atom stereocenters. The predicted molar refractivity (Wildman–Crippen MR) is 101 cm³/mol. The number of hydrogen-bond acceptors (Lipinski definition) is 3. The summed E-state index contributed by atoms with van der Waals surface area (Å²) in [5, 5.41) is 0. The highest BCUT2D eigenvalue weighted by Crippen LogP contribution is 2.32. The largest absolute Gasteiger partial charge is 0.483 e. The predicted octanol–water partition coefficient (Wildman–Crippen LogP) is 2.88. The van der Waals surface area contributed by atoms with Crippen molar-refractivity contribution in [2.24, 2.45) is 5.92 Å². The summed E-state index contributed by atoms with van der Waals surface area (Å²) < 4.78 is 5.73. The second-order valence-electron chi connectivity index (χ2n) is 7.70. The number of para-hydroxylation sites is 1. The van der Waals surface area contributed by atoms with Crippen molar-refractivity contribution in [2.75, 3.05) is 27.2 Å². The molecule has 1 aromatic carbocycles. The van der Waals surface area contributed by atoms with Crippen LogP contribution in [-0.4, -0.2) is 54.9 Å². The first kappa shape index (κ1) is 18.7. The molecule has 5 heteroatoms. The van der Waals surface area contributed by atoms with E-state index in [-0.39, 0.29) is 18.4 Å². The molecule has 1 aliphatic heterocycles. The van der Waals surface area contributed by atoms with Gasteiger partial charge in [0.15, 0.2) is 6.61 Å². The zero-order valence-electron chi connectivity index (χ0n) is 15.9. The topological polar surface area (TPSA) is 49.9 Å². The van der Waals surface area contributed by atoms with Crippen molar-refractivity contribution in [1.29, 1.82) is 0 Å². The van der Waals surface area contributed by atoms with E-state index in [1.807, 2.05) is 24.3 Å². The van der Waals surface area contributed by atoms with Gasteiger partial charge in [-0.2, -0.15) is 0 Å². The molecule has 1 atom stereocenters. The summed E-state index contributed by atoms with van der Waals surface area (Å²) >= 11 is 0. The molecule has 142 valence electrons. The molecule has 1 heterocycles. The SMILES string of the molecule is CN(C)C(=O)COc1ccccc1CC1CCN(C2CCCCC2)C1=O. The van der Waals surface area contributed by atoms with Crippen molar-refractivity contribution in [3.8, 4) is 5.75 Å². The Hall–Kier alpha value is -2.04. The summed E-state index contributed by atoms with van der Waals surface area (Å²) in [4.78, 5) is 28.3. The number of carbonyl (C=O) groups is 2. The van der Waals surface area contributed by atoms with Gasteiger partial charge in [0.25, 0.3) is 5.91 Å². The van der Waals surface area contributed by atoms with Crippen LogP contribution in [0.25, 0.3) is 0 Å². The van der Waals surface area contributed by atoms with E-state index in [1.165, 1.54) is 24.2 Å². The first-order chi connectivity index (χ1) is 12.6. The van der Waals surface area contributed by atoms with E-state index in [0.29, 0.717) is 24.1 Å². The van der Waals surface area contributed by atoms with Crippen LogP contribution in [0.4, 0.5) is 0 Å². The molecule has 0 spiro atoms. The first-order valence-corrected chi connectivity index (χ1v) is 9.77. The summed E-state index contributed by atoms with van der Waals surface area (Å²) in [5.41, 5.74) is 1.02. The highest BCUT2D eigenvalue weighted by molar-refractivity contribution is 5.81. The standard InChI is InChI=1S/C21H30N2O3/c1-22(2)20(24)15-26-19-11-7-6-8-16(19)14-17-12-13-23(21(17)25)18-9-4-3-5-10-18/h6-8,11,17-18H,3-5,9-10,12-15H2,1-2H3. The molecule has 5 nitrogen and oxygen atoms in total. The van der Waals surface area contributed by atoms with Gasteiger partial charge in [-0.05, 0) is 37.3 Å². The van der Waals surface area contributed by atoms with Gasteiger partial charge in [0, 0.05) is 32.6 Å². The average Bonchev–Trinajstić information content (AvgIpc) is 3.02. The van der Waals surface area contributed by atoms with Gasteiger partial charge in [-0.1, -0.05) is 37.5 Å². The molecule has 0 aromatic heterocycles. The summed E-state index contributed by atoms with van der Waals surface area (Å²) in [6, 6.07) is 8.21. The third-order valence-electron chi connectivity index (χ3n) is 5.66. The Morgan fingerprint density at radius 3 is 2.62 bits per heavy atom. The molecule has 1 aliphatic carbocycles. The second kappa shape index (κ2) is 8.56. The number of ether oxygens (including phenoxy) is 1. The van der Waals surface area contributed by atoms with Crippen LogP contribution >= 0.6 is 0 Å². The smallest absolute Gasteiger partial charge is 0.259 e. The van der Waals surface area contributed by atoms with Gasteiger partial charge in [-0.3, -0.25) is 9.59 Å². The van der Waals surface area contributed by atoms with Gasteiger partial charge in [0.2, 0.25) is 5.91 Å². The van der Waals surface area contributed by atoms with Crippen molar-refractivity contribution in [1.82, 2.24) is 9.80 Å². The van der Waals surface area contributed by atoms with Gasteiger partial charge in [-0.15, -0.1) is 0 Å². The molecule has 2 fully saturated rings. The van der Waals surface area contributed by atoms with E-state index in [9.17, 15) is 9.59 Å². The Balaban J connectivity index is 1.62. The summed E-state index contributed by atoms with van der Waals surface area (Å²) in [6.45, 7) is 0.910. The van der Waals surface area contributed by atoms with Gasteiger partial charge < -0.3 is 14.5 Å². The number of likely N-dealkylation sites (tertiary alicyclic amines) is 1. The molecule has 0 N–H and O–H groups in total. The van der Waals surface area contributed by atoms with Crippen molar-refractivity contribution < 1.29 is 14.3 Å². The lowest BCUT2D eigenvalue weighted by Crippen LogP contribution is -2.39. The number of carbonyl (C=O) groups excluding carboxylic acids is 2. The normalized spacial score (nSPS) is 21.1. The van der Waals surface area contributed by atoms with Crippen LogP contribution in [0, 0.1) is 5.92 Å². The van der Waals surface area contributed by atoms with Crippen LogP contribution in [0.1, 0.15) is 44.1 Å². The molecular weight excluding hydrogens is 328 g/mol. The zero-order valence-corrected chi connectivity index (χ0v) is 15.9. The van der Waals surface area contributed by atoms with Gasteiger partial charge >= 0.3 is 0 Å². The van der Waals surface area contributed by atoms with E-state index < -0.39 is 0 Å². The van der Waals surface area contributed by atoms with Gasteiger partial charge in [0.1, 0.15) is 5.75 Å². The molecule has 2 amide bonds. The molecule has 1 saturated carbocycles. The molecule has 0 bridgehead atoms. The number of nitrogens with zero attached hydrogens (tertiary/aromatic N) is 2. The molecule has 1 aromatic rings. The third kappa shape index (κ3) is 4.37. The monoisotopic (exact) mass is 358 g/mol. The van der Waals surface area contributed by atoms with E-state index in [1.54, 1.807) is 14.1 Å². The minimum absolute atomic E-state index is 0.0246. The van der Waals surface area contributed by atoms with Crippen molar-refractivity contribution in [2.45, 2.75) is 51.0 Å². The number of hydrogen-bond donors (Lipinski definition) is 0. The Morgan fingerprint density at radius 2 is 1.88 bits per heavy atom. The lowest BCUT2D eigenvalue weighted by molar-refractivity contribution is -0.133. The maximum atomic E-state index is 12.9. The van der Waals surface area contributed by atoms with Crippen molar-refractivity contribution >= 4 is 11.8 Å². The number of benzene rings is 1. The van der Waals surface area contributed by atoms with E-state index >= 15 is 0 Å². The fourth-order valence-corrected chi connectivity index (χ4v) is 4.06. The minimum Gasteiger partial charge on any atom is -0.483 e. The lowest BCUT2D eigenvalue weighted by Gasteiger charge is -2.31. The average molecular weight is 358 g/mol. The maximum absolute atomic E-state index is 12.9. The van der Waals surface area contributed by atoms with E-state index in [4.69, 9.17) is 4.74 Å². The Kier molecular flexibility index (Phi) is 6.17. The summed E-state index contributed by atoms with van der Waals surface area (Å²) in [5.74, 6) is 0.981. The Labute approximate surface area is 156 Å². The van der Waals surface area contributed by atoms with Crippen LogP contribution in [0.3, 0.4) is 0 Å². The quantitative estimate of drug-likeness (QED) is 0.786. The number of rotatable bonds is 6. The fourth-order valence-electron chi connectivity index (χ4n) is 4.06. The van der Waals surface area contributed by atoms with Crippen LogP contribution in [0.5, 0.6) is 5.75 Å². The van der Waals surface area contributed by atoms with Crippen LogP contribution in [-0.2, 0) is 16.0 Å². The van der Waals surface area contributed by atoms with Crippen molar-refractivity contribution in [3.05, 3.63) is 29.8 Å². The number of likely N-dealkylation sites (N-methyl/N-ethyl adjacent to an activating group) is 1. The second-order valence-corrected chi connectivity index (χ2v) is 7.70. The number of amides is 2. The molecule has 26 heavy (non-hydrogen) atoms. The molecule has 2 aliphatic rings. The van der Waals surface area contributed by atoms with Crippen LogP contribution < -0.4 is 4.74 Å². The van der Waals surface area contributed by atoms with Crippen LogP contribution in [0.15, 0.2) is 24.3 Å². The van der Waals surface area contributed by atoms with Gasteiger partial charge in [0.05, 0.1) is 0 Å². The van der Waals surface area contributed by atoms with E-state index in [0.717, 1.165) is 31.4 Å². The third-order valence-corrected chi connectivity index (χ3v) is 5.66. The molecular formula is C21H30N2O3. The summed E-state index contributed by atoms with van der Waals surface area (Å²) in [6.07, 6.45) is 7.72. The van der Waals surface area contributed by atoms with Gasteiger partial charge in [-0.25, -0.2) is 0 Å². The highest BCUT2D eigenvalue weighted by atomic mass is 16.5. The summed E-state index contributed by atoms with van der Waals surface area (Å²) in [7, 11) is 3.43. The maximum Gasteiger partial charge on any atom is 0.259 e. The minimum atomic E-state index is -0.0692. The van der Waals surface area contributed by atoms with Crippen molar-refractivity contribution in [3.63, 3.8) is 0 Å². The molecule has 1 saturated heterocycles. The fraction of sp³-hybridized carbons (Fsp3) is 0.619. The molecule has 3 rings (SSSR count). The first-order valence-electron chi connectivity index (χ1n) is 9.77. The Bertz CT molecular complexity index is 638. The zero-order chi connectivity index (χ0) is 18.5. The molecule has 0 radical (unpaired) electrons. The lowest BCUT2D eigenvalue weighted by atomic mass is 9.94.